The minimum absolute atomic E-state index is 0.298. The average Bonchev–Trinajstić information content (AvgIpc) is 2.51. The molecule has 0 spiro atoms. The van der Waals surface area contributed by atoms with Gasteiger partial charge in [0, 0.05) is 0 Å². The summed E-state index contributed by atoms with van der Waals surface area (Å²) in [5, 5.41) is 9.80. The lowest BCUT2D eigenvalue weighted by Crippen LogP contribution is -2.34. The summed E-state index contributed by atoms with van der Waals surface area (Å²) in [5.41, 5.74) is 3.28. The van der Waals surface area contributed by atoms with Gasteiger partial charge in [0.15, 0.2) is 0 Å². The van der Waals surface area contributed by atoms with Crippen molar-refractivity contribution >= 4 is 5.91 Å². The molecule has 0 heterocycles. The van der Waals surface area contributed by atoms with Crippen molar-refractivity contribution in [2.24, 2.45) is 5.92 Å². The third-order valence-electron chi connectivity index (χ3n) is 3.54. The Morgan fingerprint density at radius 3 is 2.62 bits per heavy atom. The molecule has 2 N–H and O–H groups in total. The van der Waals surface area contributed by atoms with E-state index in [4.69, 9.17) is 4.84 Å². The van der Waals surface area contributed by atoms with E-state index in [-0.39, 0.29) is 0 Å². The number of aliphatic hydroxyl groups excluding tert-OH is 1. The van der Waals surface area contributed by atoms with Crippen LogP contribution >= 0.6 is 0 Å². The van der Waals surface area contributed by atoms with Crippen molar-refractivity contribution in [2.45, 2.75) is 58.7 Å². The van der Waals surface area contributed by atoms with E-state index in [9.17, 15) is 9.90 Å². The molecule has 0 radical (unpaired) electrons. The van der Waals surface area contributed by atoms with Crippen molar-refractivity contribution in [1.82, 2.24) is 5.48 Å². The summed E-state index contributed by atoms with van der Waals surface area (Å²) < 4.78 is 0. The van der Waals surface area contributed by atoms with Crippen molar-refractivity contribution in [3.8, 4) is 0 Å². The number of unbranched alkanes of at least 4 members (excludes halogenated alkanes) is 1. The first-order valence-electron chi connectivity index (χ1n) is 7.77. The number of benzene rings is 1. The molecule has 0 aliphatic rings. The van der Waals surface area contributed by atoms with Crippen molar-refractivity contribution < 1.29 is 14.7 Å². The molecule has 0 saturated carbocycles. The van der Waals surface area contributed by atoms with Crippen molar-refractivity contribution in [1.29, 1.82) is 0 Å². The minimum Gasteiger partial charge on any atom is -0.383 e. The predicted molar refractivity (Wildman–Crippen MR) is 83.3 cm³/mol. The molecule has 0 aromatic heterocycles. The molecule has 2 atom stereocenters. The van der Waals surface area contributed by atoms with Gasteiger partial charge in [0.2, 0.25) is 0 Å². The van der Waals surface area contributed by atoms with Crippen LogP contribution in [0.25, 0.3) is 0 Å². The molecule has 118 valence electrons. The third kappa shape index (κ3) is 7.83. The first-order chi connectivity index (χ1) is 10.1. The largest absolute Gasteiger partial charge is 0.383 e. The highest BCUT2D eigenvalue weighted by atomic mass is 16.7. The summed E-state index contributed by atoms with van der Waals surface area (Å²) >= 11 is 0. The SMILES string of the molecule is CCCCC(C)CCC(O)C(=O)NOCc1ccccc1. The van der Waals surface area contributed by atoms with E-state index in [0.717, 1.165) is 18.4 Å². The molecule has 0 aliphatic carbocycles. The maximum absolute atomic E-state index is 11.7. The zero-order chi connectivity index (χ0) is 15.5. The average molecular weight is 293 g/mol. The van der Waals surface area contributed by atoms with E-state index in [1.165, 1.54) is 12.8 Å². The highest BCUT2D eigenvalue weighted by Gasteiger charge is 2.16. The van der Waals surface area contributed by atoms with Gasteiger partial charge in [0.05, 0.1) is 6.61 Å². The Kier molecular flexibility index (Phi) is 8.71. The summed E-state index contributed by atoms with van der Waals surface area (Å²) in [6, 6.07) is 9.57. The van der Waals surface area contributed by atoms with Crippen molar-refractivity contribution in [3.05, 3.63) is 35.9 Å². The fourth-order valence-electron chi connectivity index (χ4n) is 2.10. The van der Waals surface area contributed by atoms with E-state index >= 15 is 0 Å². The van der Waals surface area contributed by atoms with Crippen LogP contribution in [0.4, 0.5) is 0 Å². The summed E-state index contributed by atoms with van der Waals surface area (Å²) in [6.45, 7) is 4.62. The van der Waals surface area contributed by atoms with E-state index in [1.54, 1.807) is 0 Å². The van der Waals surface area contributed by atoms with E-state index < -0.39 is 12.0 Å². The Morgan fingerprint density at radius 2 is 1.95 bits per heavy atom. The normalized spacial score (nSPS) is 13.7. The first-order valence-corrected chi connectivity index (χ1v) is 7.77. The maximum Gasteiger partial charge on any atom is 0.272 e. The van der Waals surface area contributed by atoms with E-state index in [2.05, 4.69) is 19.3 Å². The Balaban J connectivity index is 2.16. The van der Waals surface area contributed by atoms with E-state index in [1.807, 2.05) is 30.3 Å². The quantitative estimate of drug-likeness (QED) is 0.651. The molecule has 1 aromatic rings. The summed E-state index contributed by atoms with van der Waals surface area (Å²) in [7, 11) is 0. The molecular weight excluding hydrogens is 266 g/mol. The molecule has 0 saturated heterocycles. The molecule has 2 unspecified atom stereocenters. The van der Waals surface area contributed by atoms with Gasteiger partial charge in [-0.05, 0) is 24.3 Å². The number of rotatable bonds is 10. The lowest BCUT2D eigenvalue weighted by Gasteiger charge is -2.14. The van der Waals surface area contributed by atoms with Crippen LogP contribution in [0.2, 0.25) is 0 Å². The second-order valence-electron chi connectivity index (χ2n) is 5.58. The molecule has 1 aromatic carbocycles. The molecule has 1 amide bonds. The van der Waals surface area contributed by atoms with Crippen molar-refractivity contribution in [2.75, 3.05) is 0 Å². The lowest BCUT2D eigenvalue weighted by molar-refractivity contribution is -0.143. The second kappa shape index (κ2) is 10.4. The Hall–Kier alpha value is -1.39. The summed E-state index contributed by atoms with van der Waals surface area (Å²) in [4.78, 5) is 16.8. The number of hydrogen-bond acceptors (Lipinski definition) is 3. The number of carbonyl (C=O) groups excluding carboxylic acids is 1. The number of amides is 1. The van der Waals surface area contributed by atoms with Gasteiger partial charge >= 0.3 is 0 Å². The minimum atomic E-state index is -0.996. The first kappa shape index (κ1) is 17.7. The number of aliphatic hydroxyl groups is 1. The molecule has 0 fully saturated rings. The van der Waals surface area contributed by atoms with Crippen LogP contribution in [0.1, 0.15) is 51.5 Å². The number of hydroxylamine groups is 1. The van der Waals surface area contributed by atoms with E-state index in [0.29, 0.717) is 18.9 Å². The smallest absolute Gasteiger partial charge is 0.272 e. The molecular formula is C17H27NO3. The highest BCUT2D eigenvalue weighted by molar-refractivity contribution is 5.79. The molecule has 21 heavy (non-hydrogen) atoms. The predicted octanol–water partition coefficient (Wildman–Crippen LogP) is 3.20. The maximum atomic E-state index is 11.7. The van der Waals surface area contributed by atoms with Crippen LogP contribution in [-0.4, -0.2) is 17.1 Å². The van der Waals surface area contributed by atoms with Gasteiger partial charge in [-0.2, -0.15) is 0 Å². The van der Waals surface area contributed by atoms with Gasteiger partial charge in [-0.3, -0.25) is 9.63 Å². The summed E-state index contributed by atoms with van der Waals surface area (Å²) in [6.07, 6.45) is 3.86. The number of nitrogens with one attached hydrogen (secondary N) is 1. The van der Waals surface area contributed by atoms with Gasteiger partial charge in [-0.25, -0.2) is 5.48 Å². The molecule has 0 bridgehead atoms. The number of hydrogen-bond donors (Lipinski definition) is 2. The van der Waals surface area contributed by atoms with Crippen LogP contribution in [0.3, 0.4) is 0 Å². The van der Waals surface area contributed by atoms with Gasteiger partial charge < -0.3 is 5.11 Å². The van der Waals surface area contributed by atoms with Crippen molar-refractivity contribution in [3.63, 3.8) is 0 Å². The fourth-order valence-corrected chi connectivity index (χ4v) is 2.10. The molecule has 1 rings (SSSR count). The van der Waals surface area contributed by atoms with Crippen LogP contribution in [-0.2, 0) is 16.2 Å². The lowest BCUT2D eigenvalue weighted by atomic mass is 9.97. The van der Waals surface area contributed by atoms with Gasteiger partial charge in [-0.15, -0.1) is 0 Å². The zero-order valence-corrected chi connectivity index (χ0v) is 13.0. The fraction of sp³-hybridized carbons (Fsp3) is 0.588. The zero-order valence-electron chi connectivity index (χ0n) is 13.0. The molecule has 4 heteroatoms. The Morgan fingerprint density at radius 1 is 1.24 bits per heavy atom. The Bertz CT molecular complexity index is 394. The second-order valence-corrected chi connectivity index (χ2v) is 5.58. The third-order valence-corrected chi connectivity index (χ3v) is 3.54. The van der Waals surface area contributed by atoms with Crippen LogP contribution in [0, 0.1) is 5.92 Å². The highest BCUT2D eigenvalue weighted by Crippen LogP contribution is 2.15. The Labute approximate surface area is 127 Å². The van der Waals surface area contributed by atoms with Gasteiger partial charge in [0.25, 0.3) is 5.91 Å². The molecule has 4 nitrogen and oxygen atoms in total. The standard InChI is InChI=1S/C17H27NO3/c1-3-4-8-14(2)11-12-16(19)17(20)18-21-13-15-9-6-5-7-10-15/h5-7,9-10,14,16,19H,3-4,8,11-13H2,1-2H3,(H,18,20). The van der Waals surface area contributed by atoms with Crippen LogP contribution in [0.5, 0.6) is 0 Å². The van der Waals surface area contributed by atoms with Gasteiger partial charge in [0.1, 0.15) is 6.10 Å². The monoisotopic (exact) mass is 293 g/mol. The summed E-state index contributed by atoms with van der Waals surface area (Å²) in [5.74, 6) is 0.0752. The van der Waals surface area contributed by atoms with Crippen LogP contribution < -0.4 is 5.48 Å². The molecule has 0 aliphatic heterocycles. The van der Waals surface area contributed by atoms with Gasteiger partial charge in [-0.1, -0.05) is 63.4 Å². The number of carbonyl (C=O) groups is 1. The topological polar surface area (TPSA) is 58.6 Å². The van der Waals surface area contributed by atoms with Crippen LogP contribution in [0.15, 0.2) is 30.3 Å².